The Balaban J connectivity index is 2.00. The molecule has 5 nitrogen and oxygen atoms in total. The number of carbonyl (C=O) groups is 2. The Hall–Kier alpha value is -0.910. The maximum absolute atomic E-state index is 12.2. The van der Waals surface area contributed by atoms with Gasteiger partial charge in [-0.3, -0.25) is 9.59 Å². The van der Waals surface area contributed by atoms with E-state index in [0.29, 0.717) is 25.9 Å². The molecule has 6 heteroatoms. The smallest absolute Gasteiger partial charge is 0.226 e. The zero-order valence-corrected chi connectivity index (χ0v) is 11.4. The quantitative estimate of drug-likeness (QED) is 0.723. The lowest BCUT2D eigenvalue weighted by atomic mass is 9.93. The zero-order valence-electron chi connectivity index (χ0n) is 10.6. The first-order valence-electron chi connectivity index (χ1n) is 6.45. The number of hydrogen-bond donors (Lipinski definition) is 0. The lowest BCUT2D eigenvalue weighted by Gasteiger charge is -2.32. The highest BCUT2D eigenvalue weighted by molar-refractivity contribution is 7.91. The molecule has 0 aromatic carbocycles. The van der Waals surface area contributed by atoms with Gasteiger partial charge < -0.3 is 4.90 Å². The predicted octanol–water partition coefficient (Wildman–Crippen LogP) is 0.249. The standard InChI is InChI=1S/C12H19NO4S/c1-2-9-7-13(5-3-11(9)14)12(15)10-4-6-18(16,17)8-10/h9-10H,2-8H2,1H3. The fourth-order valence-electron chi connectivity index (χ4n) is 2.71. The minimum absolute atomic E-state index is 0.0208. The molecule has 2 atom stereocenters. The molecule has 2 fully saturated rings. The molecular formula is C12H19NO4S. The molecule has 1 amide bonds. The lowest BCUT2D eigenvalue weighted by molar-refractivity contribution is -0.140. The van der Waals surface area contributed by atoms with E-state index in [1.54, 1.807) is 4.90 Å². The number of rotatable bonds is 2. The van der Waals surface area contributed by atoms with Gasteiger partial charge in [-0.25, -0.2) is 8.42 Å². The van der Waals surface area contributed by atoms with Crippen LogP contribution in [0.5, 0.6) is 0 Å². The number of carbonyl (C=O) groups excluding carboxylic acids is 2. The van der Waals surface area contributed by atoms with Crippen LogP contribution in [0.2, 0.25) is 0 Å². The summed E-state index contributed by atoms with van der Waals surface area (Å²) in [5.41, 5.74) is 0. The van der Waals surface area contributed by atoms with E-state index in [2.05, 4.69) is 0 Å². The molecule has 0 aliphatic carbocycles. The number of nitrogens with zero attached hydrogens (tertiary/aromatic N) is 1. The van der Waals surface area contributed by atoms with Crippen molar-refractivity contribution in [2.24, 2.45) is 11.8 Å². The van der Waals surface area contributed by atoms with Crippen LogP contribution in [0.4, 0.5) is 0 Å². The maximum Gasteiger partial charge on any atom is 0.226 e. The van der Waals surface area contributed by atoms with Crippen molar-refractivity contribution in [3.63, 3.8) is 0 Å². The van der Waals surface area contributed by atoms with Crippen molar-refractivity contribution in [1.29, 1.82) is 0 Å². The number of likely N-dealkylation sites (tertiary alicyclic amines) is 1. The van der Waals surface area contributed by atoms with Crippen molar-refractivity contribution < 1.29 is 18.0 Å². The van der Waals surface area contributed by atoms with Gasteiger partial charge in [-0.05, 0) is 12.8 Å². The Morgan fingerprint density at radius 1 is 1.44 bits per heavy atom. The van der Waals surface area contributed by atoms with Crippen LogP contribution in [0.3, 0.4) is 0 Å². The third-order valence-electron chi connectivity index (χ3n) is 3.91. The third kappa shape index (κ3) is 2.74. The van der Waals surface area contributed by atoms with Gasteiger partial charge in [0, 0.05) is 25.4 Å². The third-order valence-corrected chi connectivity index (χ3v) is 5.68. The van der Waals surface area contributed by atoms with E-state index in [0.717, 1.165) is 6.42 Å². The van der Waals surface area contributed by atoms with Gasteiger partial charge >= 0.3 is 0 Å². The van der Waals surface area contributed by atoms with E-state index in [1.165, 1.54) is 0 Å². The molecule has 2 aliphatic heterocycles. The topological polar surface area (TPSA) is 71.5 Å². The average molecular weight is 273 g/mol. The molecule has 0 bridgehead atoms. The average Bonchev–Trinajstić information content (AvgIpc) is 2.69. The van der Waals surface area contributed by atoms with Gasteiger partial charge in [0.05, 0.1) is 17.4 Å². The Bertz CT molecular complexity index is 457. The predicted molar refractivity (Wildman–Crippen MR) is 66.7 cm³/mol. The van der Waals surface area contributed by atoms with E-state index in [-0.39, 0.29) is 35.0 Å². The van der Waals surface area contributed by atoms with E-state index in [9.17, 15) is 18.0 Å². The molecular weight excluding hydrogens is 254 g/mol. The summed E-state index contributed by atoms with van der Waals surface area (Å²) in [7, 11) is -3.02. The SMILES string of the molecule is CCC1CN(C(=O)C2CCS(=O)(=O)C2)CCC1=O. The largest absolute Gasteiger partial charge is 0.341 e. The van der Waals surface area contributed by atoms with E-state index >= 15 is 0 Å². The number of ketones is 1. The van der Waals surface area contributed by atoms with Crippen LogP contribution in [0, 0.1) is 11.8 Å². The number of hydrogen-bond acceptors (Lipinski definition) is 4. The molecule has 0 aromatic heterocycles. The van der Waals surface area contributed by atoms with Crippen molar-refractivity contribution in [1.82, 2.24) is 4.90 Å². The number of Topliss-reactive ketones (excluding diaryl/α,β-unsaturated/α-hetero) is 1. The van der Waals surface area contributed by atoms with Crippen LogP contribution in [-0.4, -0.2) is 49.6 Å². The molecule has 2 rings (SSSR count). The highest BCUT2D eigenvalue weighted by Gasteiger charge is 2.37. The van der Waals surface area contributed by atoms with Gasteiger partial charge in [-0.15, -0.1) is 0 Å². The first kappa shape index (κ1) is 13.5. The van der Waals surface area contributed by atoms with Gasteiger partial charge in [0.25, 0.3) is 0 Å². The van der Waals surface area contributed by atoms with Gasteiger partial charge in [-0.1, -0.05) is 6.92 Å². The molecule has 18 heavy (non-hydrogen) atoms. The highest BCUT2D eigenvalue weighted by Crippen LogP contribution is 2.24. The second-order valence-corrected chi connectivity index (χ2v) is 7.43. The lowest BCUT2D eigenvalue weighted by Crippen LogP contribution is -2.46. The van der Waals surface area contributed by atoms with Crippen molar-refractivity contribution in [2.45, 2.75) is 26.2 Å². The first-order chi connectivity index (χ1) is 8.43. The molecule has 2 aliphatic rings. The summed E-state index contributed by atoms with van der Waals surface area (Å²) in [6.07, 6.45) is 1.58. The van der Waals surface area contributed by atoms with Crippen molar-refractivity contribution in [2.75, 3.05) is 24.6 Å². The number of sulfone groups is 1. The number of amides is 1. The summed E-state index contributed by atoms with van der Waals surface area (Å²) in [6.45, 7) is 2.85. The molecule has 0 spiro atoms. The monoisotopic (exact) mass is 273 g/mol. The van der Waals surface area contributed by atoms with Gasteiger partial charge in [-0.2, -0.15) is 0 Å². The summed E-state index contributed by atoms with van der Waals surface area (Å²) >= 11 is 0. The maximum atomic E-state index is 12.2. The summed E-state index contributed by atoms with van der Waals surface area (Å²) in [6, 6.07) is 0. The summed E-state index contributed by atoms with van der Waals surface area (Å²) in [5.74, 6) is -0.218. The van der Waals surface area contributed by atoms with Crippen LogP contribution in [0.1, 0.15) is 26.2 Å². The fraction of sp³-hybridized carbons (Fsp3) is 0.833. The van der Waals surface area contributed by atoms with Crippen LogP contribution in [0.25, 0.3) is 0 Å². The van der Waals surface area contributed by atoms with Crippen LogP contribution in [-0.2, 0) is 19.4 Å². The zero-order chi connectivity index (χ0) is 13.3. The van der Waals surface area contributed by atoms with E-state index < -0.39 is 9.84 Å². The van der Waals surface area contributed by atoms with Crippen molar-refractivity contribution >= 4 is 21.5 Å². The molecule has 0 N–H and O–H groups in total. The molecule has 0 radical (unpaired) electrons. The molecule has 2 unspecified atom stereocenters. The highest BCUT2D eigenvalue weighted by atomic mass is 32.2. The Labute approximate surface area is 107 Å². The molecule has 0 aromatic rings. The van der Waals surface area contributed by atoms with Gasteiger partial charge in [0.15, 0.2) is 9.84 Å². The Morgan fingerprint density at radius 2 is 2.17 bits per heavy atom. The summed E-state index contributed by atoms with van der Waals surface area (Å²) in [5, 5.41) is 0. The van der Waals surface area contributed by atoms with Gasteiger partial charge in [0.2, 0.25) is 5.91 Å². The Kier molecular flexibility index (Phi) is 3.75. The number of piperidine rings is 1. The summed E-state index contributed by atoms with van der Waals surface area (Å²) in [4.78, 5) is 25.5. The minimum atomic E-state index is -3.02. The van der Waals surface area contributed by atoms with Crippen LogP contribution >= 0.6 is 0 Å². The van der Waals surface area contributed by atoms with Crippen molar-refractivity contribution in [3.05, 3.63) is 0 Å². The summed E-state index contributed by atoms with van der Waals surface area (Å²) < 4.78 is 22.8. The fourth-order valence-corrected chi connectivity index (χ4v) is 4.45. The molecule has 102 valence electrons. The van der Waals surface area contributed by atoms with E-state index in [4.69, 9.17) is 0 Å². The molecule has 2 heterocycles. The molecule has 2 saturated heterocycles. The van der Waals surface area contributed by atoms with Gasteiger partial charge in [0.1, 0.15) is 5.78 Å². The van der Waals surface area contributed by atoms with Crippen LogP contribution < -0.4 is 0 Å². The minimum Gasteiger partial charge on any atom is -0.341 e. The second-order valence-electron chi connectivity index (χ2n) is 5.21. The normalized spacial score (nSPS) is 31.6. The first-order valence-corrected chi connectivity index (χ1v) is 8.27. The molecule has 0 saturated carbocycles. The van der Waals surface area contributed by atoms with Crippen molar-refractivity contribution in [3.8, 4) is 0 Å². The second kappa shape index (κ2) is 4.99. The Morgan fingerprint density at radius 3 is 2.72 bits per heavy atom. The van der Waals surface area contributed by atoms with Crippen LogP contribution in [0.15, 0.2) is 0 Å². The van der Waals surface area contributed by atoms with E-state index in [1.807, 2.05) is 6.92 Å².